The van der Waals surface area contributed by atoms with Gasteiger partial charge in [0.05, 0.1) is 69.2 Å². The highest BCUT2D eigenvalue weighted by molar-refractivity contribution is 6.81. The number of nitrogens with zero attached hydrogens (tertiary/aromatic N) is 5. The predicted molar refractivity (Wildman–Crippen MR) is 508 cm³/mol. The average Bonchev–Trinajstić information content (AvgIpc) is 0.946. The van der Waals surface area contributed by atoms with Crippen molar-refractivity contribution in [2.24, 2.45) is 4.99 Å². The van der Waals surface area contributed by atoms with Gasteiger partial charge in [-0.1, -0.05) is 30.3 Å². The molecule has 0 bridgehead atoms. The molecule has 1 aromatic rings. The SMILES string of the molecule is C=O.C=O.C=O.CCO[Si](C)(CCC#N)OCC.CCO[Si](C)(CCCC#N)OCC.CCO[Si](C)(CCCNC(=O)OC)OCC.CO[SiH](CO)CCC#N.CO[SiH](CO)OC.CO[Si](CO)(CCCN1CCCC1=O)OC.CO[Si](CO)(CCCN=C=O)OC.CO[Si](CO)(CCCNC(C)=O)OC.CO[Si](CO)(OC)OC.CO[Si](CO)(OC)c1ccccc1. The van der Waals surface area contributed by atoms with Crippen LogP contribution in [0.4, 0.5) is 4.79 Å². The third kappa shape index (κ3) is 79.9. The predicted octanol–water partition coefficient (Wildman–Crippen LogP) is 4.22. The molecule has 9 N–H and O–H groups in total. The zero-order chi connectivity index (χ0) is 101. The number of nitrogens with one attached hydrogen (secondary N) is 2. The molecule has 0 aliphatic carbocycles. The summed E-state index contributed by atoms with van der Waals surface area (Å²) in [4.78, 5) is 71.8. The fourth-order valence-corrected chi connectivity index (χ4v) is 26.6. The van der Waals surface area contributed by atoms with E-state index in [1.54, 1.807) is 49.8 Å². The number of carbonyl (C=O) groups is 6. The lowest BCUT2D eigenvalue weighted by Crippen LogP contribution is -2.56. The minimum Gasteiger partial charge on any atom is -0.453 e. The number of unbranched alkanes of at least 4 members (excludes halogenated alkanes) is 1. The van der Waals surface area contributed by atoms with Crippen LogP contribution in [0.1, 0.15) is 113 Å². The Morgan fingerprint density at radius 3 is 1.14 bits per heavy atom. The normalized spacial score (nSPS) is 11.7. The molecule has 42 nitrogen and oxygen atoms in total. The largest absolute Gasteiger partial charge is 0.527 e. The number of ether oxygens (including phenoxy) is 1. The van der Waals surface area contributed by atoms with Gasteiger partial charge in [-0.3, -0.25) is 9.59 Å². The van der Waals surface area contributed by atoms with Crippen LogP contribution in [0, 0.1) is 34.0 Å². The van der Waals surface area contributed by atoms with E-state index in [0.717, 1.165) is 80.6 Å². The van der Waals surface area contributed by atoms with Crippen molar-refractivity contribution < 1.29 is 163 Å². The molecule has 3 amide bonds. The lowest BCUT2D eigenvalue weighted by atomic mass is 10.4. The van der Waals surface area contributed by atoms with Crippen molar-refractivity contribution in [3.05, 3.63) is 30.3 Å². The molecule has 756 valence electrons. The summed E-state index contributed by atoms with van der Waals surface area (Å²) in [5, 5.41) is 93.5. The average molecular weight is 2020 g/mol. The highest BCUT2D eigenvalue weighted by Crippen LogP contribution is 2.21. The van der Waals surface area contributed by atoms with Crippen molar-refractivity contribution in [3.63, 3.8) is 0 Å². The zero-order valence-electron chi connectivity index (χ0n) is 81.7. The Hall–Kier alpha value is -4.62. The van der Waals surface area contributed by atoms with Gasteiger partial charge < -0.3 is 159 Å². The number of rotatable bonds is 57. The fourth-order valence-electron chi connectivity index (χ4n) is 10.3. The summed E-state index contributed by atoms with van der Waals surface area (Å²) in [6.07, 6.45) is 8.11. The fraction of sp³-hybridized carbons (Fsp3) is 0.789. The maximum absolute atomic E-state index is 11.4. The number of alkyl carbamates (subject to hydrolysis) is 1. The first-order valence-electron chi connectivity index (χ1n) is 41.3. The molecule has 1 unspecified atom stereocenters. The molecule has 0 saturated carbocycles. The number of isocyanates is 1. The van der Waals surface area contributed by atoms with Crippen molar-refractivity contribution in [1.29, 1.82) is 15.8 Å². The number of aliphatic hydroxyl groups is 7. The first-order chi connectivity index (χ1) is 61.2. The topological polar surface area (TPSA) is 566 Å². The van der Waals surface area contributed by atoms with Crippen LogP contribution in [0.2, 0.25) is 61.9 Å². The molecule has 2 rings (SSSR count). The zero-order valence-corrected chi connectivity index (χ0v) is 92.0. The van der Waals surface area contributed by atoms with Crippen molar-refractivity contribution in [1.82, 2.24) is 15.5 Å². The molecule has 52 heteroatoms. The van der Waals surface area contributed by atoms with Crippen molar-refractivity contribution >= 4 is 137 Å². The van der Waals surface area contributed by atoms with E-state index >= 15 is 0 Å². The first kappa shape index (κ1) is 146. The maximum Gasteiger partial charge on any atom is 0.527 e. The van der Waals surface area contributed by atoms with Crippen LogP contribution in [-0.2, 0) is 122 Å². The molecule has 1 aliphatic heterocycles. The summed E-state index contributed by atoms with van der Waals surface area (Å²) < 4.78 is 109. The number of nitriles is 3. The van der Waals surface area contributed by atoms with Crippen LogP contribution in [0.25, 0.3) is 0 Å². The molecule has 0 spiro atoms. The van der Waals surface area contributed by atoms with Gasteiger partial charge in [0, 0.05) is 204 Å². The molecular formula is C76H167N7O35Si10. The van der Waals surface area contributed by atoms with Gasteiger partial charge in [0.15, 0.2) is 0 Å². The Morgan fingerprint density at radius 1 is 0.477 bits per heavy atom. The van der Waals surface area contributed by atoms with Gasteiger partial charge in [0.25, 0.3) is 0 Å². The third-order valence-electron chi connectivity index (χ3n) is 17.7. The quantitative estimate of drug-likeness (QED) is 0.0191. The Labute approximate surface area is 777 Å². The number of hydrogen-bond acceptors (Lipinski definition) is 39. The maximum atomic E-state index is 11.4. The Balaban J connectivity index is -0.000000132. The second kappa shape index (κ2) is 103. The number of aliphatic imine (C=N–C) groups is 1. The summed E-state index contributed by atoms with van der Waals surface area (Å²) in [7, 11) is 1.51. The number of aliphatic hydroxyl groups excluding tert-OH is 7. The smallest absolute Gasteiger partial charge is 0.453 e. The van der Waals surface area contributed by atoms with E-state index in [4.69, 9.17) is 144 Å². The monoisotopic (exact) mass is 2020 g/mol. The third-order valence-corrected chi connectivity index (χ3v) is 44.6. The first-order valence-corrected chi connectivity index (χ1v) is 63.4. The van der Waals surface area contributed by atoms with E-state index in [1.807, 2.05) is 110 Å². The van der Waals surface area contributed by atoms with E-state index in [-0.39, 0.29) is 55.4 Å². The van der Waals surface area contributed by atoms with E-state index in [1.165, 1.54) is 69.9 Å². The molecule has 1 heterocycles. The second-order valence-corrected chi connectivity index (χ2v) is 57.2. The van der Waals surface area contributed by atoms with E-state index in [2.05, 4.69) is 45.6 Å². The Kier molecular flexibility index (Phi) is 118. The van der Waals surface area contributed by atoms with E-state index < -0.39 is 93.1 Å². The van der Waals surface area contributed by atoms with Crippen LogP contribution in [0.15, 0.2) is 35.3 Å². The van der Waals surface area contributed by atoms with Gasteiger partial charge >= 0.3 is 84.1 Å². The van der Waals surface area contributed by atoms with E-state index in [0.29, 0.717) is 103 Å². The summed E-state index contributed by atoms with van der Waals surface area (Å²) >= 11 is 0. The van der Waals surface area contributed by atoms with Crippen molar-refractivity contribution in [3.8, 4) is 18.2 Å². The molecule has 1 fully saturated rings. The van der Waals surface area contributed by atoms with Crippen LogP contribution >= 0.6 is 0 Å². The molecule has 128 heavy (non-hydrogen) atoms. The Bertz CT molecular complexity index is 2700. The lowest BCUT2D eigenvalue weighted by molar-refractivity contribution is -0.127. The van der Waals surface area contributed by atoms with Gasteiger partial charge in [-0.15, -0.1) is 0 Å². The van der Waals surface area contributed by atoms with E-state index in [9.17, 15) is 29.4 Å². The van der Waals surface area contributed by atoms with Crippen molar-refractivity contribution in [2.75, 3.05) is 223 Å². The van der Waals surface area contributed by atoms with Crippen LogP contribution < -0.4 is 15.8 Å². The highest BCUT2D eigenvalue weighted by Gasteiger charge is 2.40. The summed E-state index contributed by atoms with van der Waals surface area (Å²) in [6, 6.07) is 21.2. The molecule has 1 aliphatic rings. The lowest BCUT2D eigenvalue weighted by Gasteiger charge is -2.26. The molecule has 0 aromatic heterocycles. The van der Waals surface area contributed by atoms with Gasteiger partial charge in [-0.05, 0) is 141 Å². The standard InChI is InChI=1S/C10H21NO4Si.C10H23NO4Si.C9H19NO2Si.C9H14O3Si.C8H19NO4Si.C8H17NO2Si.C7H15NO4Si.C5H11NO2Si.C4H12O4Si.C3H10O3Si.3CH2O/c1-14-16(9-12,15-2)8-4-7-11-6-3-5-10(11)13;1-5-14-16(4,15-6-2)9-7-8-11-10(12)13-3;1-4-11-13(3,12-5-2)9-7-6-8-10;1-11-13(8-10,12-2)9-6-4-3-5-7-9;1-8(11)9-5-4-6-14(7-10,12-2)13-3;1-4-10-12(3,11-5-2)8-6-7-9;1-11-13(7-10,12-2)5-3-4-8-6-9;1-8-9(5-7)4-2-3-6;1-6-9(4-5,7-2)8-3;1-5-7(3-4)6-2;3*1-2/h12H,3-9H2,1-2H3;5-9H2,1-4H3,(H,11,12);4-7,9H2,1-3H3;3-7,10H,8H2,1-2H3;10H,4-7H2,1-3H3,(H,9,11);4-6,8H2,1-3H3;10H,3-5,7H2,1-2H3;7,9H,2,4-5H2,1H3;5H,4H2,1-3H3;4,7H,3H2,1-2H3;3*1H2. The van der Waals surface area contributed by atoms with Crippen LogP contribution in [0.3, 0.4) is 0 Å². The molecule has 1 atom stereocenters. The second-order valence-electron chi connectivity index (χ2n) is 25.8. The number of benzene rings is 1. The van der Waals surface area contributed by atoms with Gasteiger partial charge in [0.2, 0.25) is 26.9 Å². The summed E-state index contributed by atoms with van der Waals surface area (Å²) in [5.41, 5.74) is 0. The van der Waals surface area contributed by atoms with Crippen LogP contribution in [-0.4, -0.2) is 395 Å². The number of amides is 3. The van der Waals surface area contributed by atoms with Gasteiger partial charge in [-0.25, -0.2) is 14.6 Å². The highest BCUT2D eigenvalue weighted by atomic mass is 28.4. The molecular weight excluding hydrogens is 1850 g/mol. The number of hydrogen-bond donors (Lipinski definition) is 9. The van der Waals surface area contributed by atoms with Crippen molar-refractivity contribution in [2.45, 2.75) is 175 Å². The molecule has 1 aromatic carbocycles. The number of likely N-dealkylation sites (tertiary alicyclic amines) is 1. The number of methoxy groups -OCH3 is 1. The number of carbonyl (C=O) groups excluding carboxylic acids is 7. The van der Waals surface area contributed by atoms with Gasteiger partial charge in [-0.2, -0.15) is 15.8 Å². The minimum atomic E-state index is -2.64. The molecule has 1 saturated heterocycles. The minimum absolute atomic E-state index is 0.0338. The summed E-state index contributed by atoms with van der Waals surface area (Å²) in [5.74, 6) is 0.196. The summed E-state index contributed by atoms with van der Waals surface area (Å²) in [6.45, 7) is 32.7. The molecule has 0 radical (unpaired) electrons. The van der Waals surface area contributed by atoms with Crippen LogP contribution in [0.5, 0.6) is 0 Å². The van der Waals surface area contributed by atoms with Gasteiger partial charge in [0.1, 0.15) is 26.6 Å². The Morgan fingerprint density at radius 2 is 0.859 bits per heavy atom.